The van der Waals surface area contributed by atoms with E-state index >= 15 is 0 Å². The molecule has 2 saturated carbocycles. The van der Waals surface area contributed by atoms with Gasteiger partial charge in [0.1, 0.15) is 6.10 Å². The van der Waals surface area contributed by atoms with Crippen molar-refractivity contribution in [2.75, 3.05) is 13.1 Å². The van der Waals surface area contributed by atoms with Gasteiger partial charge in [0.2, 0.25) is 0 Å². The van der Waals surface area contributed by atoms with E-state index in [1.807, 2.05) is 0 Å². The molecule has 0 aromatic carbocycles. The molecule has 3 unspecified atom stereocenters. The van der Waals surface area contributed by atoms with Crippen molar-refractivity contribution in [1.29, 1.82) is 0 Å². The minimum Gasteiger partial charge on any atom is -0.461 e. The van der Waals surface area contributed by atoms with E-state index in [0.717, 1.165) is 6.42 Å². The van der Waals surface area contributed by atoms with Gasteiger partial charge >= 0.3 is 5.97 Å². The summed E-state index contributed by atoms with van der Waals surface area (Å²) in [6.07, 6.45) is 5.35. The van der Waals surface area contributed by atoms with Crippen LogP contribution >= 0.6 is 0 Å². The van der Waals surface area contributed by atoms with Crippen LogP contribution in [0.5, 0.6) is 0 Å². The standard InChI is InChI=1S/C15H25NO2/c1-5-8-16-10-13(17)18-12-9-11-6-7-15(12,4)14(11,2)3/h5,11-12,16H,1,6-10H2,2-4H3. The molecule has 3 nitrogen and oxygen atoms in total. The Morgan fingerprint density at radius 2 is 2.22 bits per heavy atom. The zero-order valence-corrected chi connectivity index (χ0v) is 11.8. The highest BCUT2D eigenvalue weighted by Crippen LogP contribution is 2.66. The number of ether oxygens (including phenoxy) is 1. The molecule has 0 aromatic heterocycles. The average molecular weight is 251 g/mol. The van der Waals surface area contributed by atoms with Gasteiger partial charge in [-0.1, -0.05) is 26.8 Å². The summed E-state index contributed by atoms with van der Waals surface area (Å²) >= 11 is 0. The van der Waals surface area contributed by atoms with Crippen LogP contribution in [0.15, 0.2) is 12.7 Å². The topological polar surface area (TPSA) is 38.3 Å². The molecule has 1 N–H and O–H groups in total. The molecule has 102 valence electrons. The third-order valence-electron chi connectivity index (χ3n) is 5.55. The number of carbonyl (C=O) groups is 1. The van der Waals surface area contributed by atoms with Crippen molar-refractivity contribution < 1.29 is 9.53 Å². The molecule has 3 heteroatoms. The van der Waals surface area contributed by atoms with Crippen molar-refractivity contribution in [2.24, 2.45) is 16.7 Å². The molecule has 0 amide bonds. The van der Waals surface area contributed by atoms with Crippen LogP contribution in [0, 0.1) is 16.7 Å². The molecule has 0 aromatic rings. The van der Waals surface area contributed by atoms with Gasteiger partial charge in [-0.3, -0.25) is 4.79 Å². The van der Waals surface area contributed by atoms with Crippen LogP contribution in [0.3, 0.4) is 0 Å². The lowest BCUT2D eigenvalue weighted by Gasteiger charge is -2.38. The highest BCUT2D eigenvalue weighted by atomic mass is 16.5. The van der Waals surface area contributed by atoms with Gasteiger partial charge in [0.05, 0.1) is 6.54 Å². The Morgan fingerprint density at radius 1 is 1.50 bits per heavy atom. The first-order chi connectivity index (χ1) is 8.41. The maximum atomic E-state index is 11.8. The van der Waals surface area contributed by atoms with Gasteiger partial charge in [0.25, 0.3) is 0 Å². The van der Waals surface area contributed by atoms with Crippen LogP contribution in [0.25, 0.3) is 0 Å². The lowest BCUT2D eigenvalue weighted by Crippen LogP contribution is -2.39. The van der Waals surface area contributed by atoms with Crippen LogP contribution in [0.4, 0.5) is 0 Å². The summed E-state index contributed by atoms with van der Waals surface area (Å²) in [4.78, 5) is 11.8. The SMILES string of the molecule is C=CCNCC(=O)OC1CC2CCC1(C)C2(C)C. The van der Waals surface area contributed by atoms with Crippen molar-refractivity contribution in [3.05, 3.63) is 12.7 Å². The largest absolute Gasteiger partial charge is 0.461 e. The summed E-state index contributed by atoms with van der Waals surface area (Å²) in [5.41, 5.74) is 0.457. The molecule has 0 radical (unpaired) electrons. The summed E-state index contributed by atoms with van der Waals surface area (Å²) < 4.78 is 5.69. The van der Waals surface area contributed by atoms with E-state index in [0.29, 0.717) is 17.9 Å². The molecule has 2 fully saturated rings. The average Bonchev–Trinajstić information content (AvgIpc) is 2.62. The van der Waals surface area contributed by atoms with E-state index in [-0.39, 0.29) is 24.0 Å². The van der Waals surface area contributed by atoms with Crippen LogP contribution in [-0.2, 0) is 9.53 Å². The fourth-order valence-electron chi connectivity index (χ4n) is 3.79. The van der Waals surface area contributed by atoms with Gasteiger partial charge in [0.15, 0.2) is 0 Å². The number of hydrogen-bond donors (Lipinski definition) is 1. The third kappa shape index (κ3) is 1.99. The first-order valence-corrected chi connectivity index (χ1v) is 6.93. The zero-order chi connectivity index (χ0) is 13.4. The molecule has 18 heavy (non-hydrogen) atoms. The molecule has 3 atom stereocenters. The monoisotopic (exact) mass is 251 g/mol. The van der Waals surface area contributed by atoms with Crippen molar-refractivity contribution in [3.8, 4) is 0 Å². The molecule has 0 saturated heterocycles. The minimum atomic E-state index is -0.133. The van der Waals surface area contributed by atoms with Crippen molar-refractivity contribution >= 4 is 5.97 Å². The Labute approximate surface area is 110 Å². The Morgan fingerprint density at radius 3 is 2.72 bits per heavy atom. The molecule has 0 spiro atoms. The number of rotatable bonds is 5. The summed E-state index contributed by atoms with van der Waals surface area (Å²) in [5.74, 6) is 0.577. The number of carbonyl (C=O) groups excluding carboxylic acids is 1. The zero-order valence-electron chi connectivity index (χ0n) is 11.8. The molecule has 0 aliphatic heterocycles. The van der Waals surface area contributed by atoms with E-state index in [1.165, 1.54) is 12.8 Å². The maximum absolute atomic E-state index is 11.8. The van der Waals surface area contributed by atoms with Gasteiger partial charge in [-0.15, -0.1) is 6.58 Å². The van der Waals surface area contributed by atoms with Crippen LogP contribution in [0.2, 0.25) is 0 Å². The minimum absolute atomic E-state index is 0.101. The van der Waals surface area contributed by atoms with E-state index in [1.54, 1.807) is 6.08 Å². The Kier molecular flexibility index (Phi) is 3.54. The van der Waals surface area contributed by atoms with Gasteiger partial charge in [-0.2, -0.15) is 0 Å². The quantitative estimate of drug-likeness (QED) is 0.463. The molecular formula is C15H25NO2. The summed E-state index contributed by atoms with van der Waals surface area (Å²) in [6.45, 7) is 11.5. The second kappa shape index (κ2) is 4.69. The smallest absolute Gasteiger partial charge is 0.320 e. The van der Waals surface area contributed by atoms with E-state index in [4.69, 9.17) is 4.74 Å². The molecule has 2 bridgehead atoms. The van der Waals surface area contributed by atoms with Gasteiger partial charge in [0, 0.05) is 12.0 Å². The fourth-order valence-corrected chi connectivity index (χ4v) is 3.79. The Bertz CT molecular complexity index is 350. The molecule has 2 aliphatic carbocycles. The number of hydrogen-bond acceptors (Lipinski definition) is 3. The van der Waals surface area contributed by atoms with E-state index < -0.39 is 0 Å². The van der Waals surface area contributed by atoms with E-state index in [2.05, 4.69) is 32.7 Å². The van der Waals surface area contributed by atoms with Gasteiger partial charge in [-0.25, -0.2) is 0 Å². The van der Waals surface area contributed by atoms with Crippen LogP contribution in [-0.4, -0.2) is 25.2 Å². The van der Waals surface area contributed by atoms with Crippen molar-refractivity contribution in [3.63, 3.8) is 0 Å². The highest BCUT2D eigenvalue weighted by molar-refractivity contribution is 5.72. The summed E-state index contributed by atoms with van der Waals surface area (Å²) in [7, 11) is 0. The normalized spacial score (nSPS) is 36.6. The first kappa shape index (κ1) is 13.6. The van der Waals surface area contributed by atoms with Crippen molar-refractivity contribution in [2.45, 2.75) is 46.1 Å². The first-order valence-electron chi connectivity index (χ1n) is 6.93. The van der Waals surface area contributed by atoms with E-state index in [9.17, 15) is 4.79 Å². The molecular weight excluding hydrogens is 226 g/mol. The van der Waals surface area contributed by atoms with Crippen LogP contribution in [0.1, 0.15) is 40.0 Å². The fraction of sp³-hybridized carbons (Fsp3) is 0.800. The van der Waals surface area contributed by atoms with Crippen LogP contribution < -0.4 is 5.32 Å². The summed E-state index contributed by atoms with van der Waals surface area (Å²) in [5, 5.41) is 2.99. The molecule has 0 heterocycles. The number of nitrogens with one attached hydrogen (secondary N) is 1. The predicted octanol–water partition coefficient (Wildman–Crippen LogP) is 2.52. The third-order valence-corrected chi connectivity index (χ3v) is 5.55. The Balaban J connectivity index is 1.92. The Hall–Kier alpha value is -0.830. The second-order valence-corrected chi connectivity index (χ2v) is 6.51. The highest BCUT2D eigenvalue weighted by Gasteiger charge is 2.62. The lowest BCUT2D eigenvalue weighted by molar-refractivity contribution is -0.155. The number of fused-ring (bicyclic) bond motifs is 2. The molecule has 2 aliphatic rings. The maximum Gasteiger partial charge on any atom is 0.320 e. The van der Waals surface area contributed by atoms with Crippen molar-refractivity contribution in [1.82, 2.24) is 5.32 Å². The lowest BCUT2D eigenvalue weighted by atomic mass is 9.70. The van der Waals surface area contributed by atoms with Gasteiger partial charge < -0.3 is 10.1 Å². The summed E-state index contributed by atoms with van der Waals surface area (Å²) in [6, 6.07) is 0. The van der Waals surface area contributed by atoms with Gasteiger partial charge in [-0.05, 0) is 30.6 Å². The number of esters is 1. The predicted molar refractivity (Wildman–Crippen MR) is 72.2 cm³/mol. The second-order valence-electron chi connectivity index (χ2n) is 6.51. The molecule has 2 rings (SSSR count).